The van der Waals surface area contributed by atoms with Gasteiger partial charge in [-0.3, -0.25) is 0 Å². The summed E-state index contributed by atoms with van der Waals surface area (Å²) in [6, 6.07) is 5.10. The van der Waals surface area contributed by atoms with Crippen LogP contribution in [0.2, 0.25) is 0 Å². The Kier molecular flexibility index (Phi) is 3.35. The molecule has 0 spiro atoms. The van der Waals surface area contributed by atoms with Crippen LogP contribution < -0.4 is 15.8 Å². The second-order valence-corrected chi connectivity index (χ2v) is 6.97. The standard InChI is InChI=1S/C13H19N3O3S/c14-9-6-10(8-11(7-9)20(15,17)18)16-4-5-19-13-3-1-2-12(13)16/h6-8,12-13H,1-5,14H2,(H2,15,17,18). The molecule has 1 heterocycles. The molecule has 20 heavy (non-hydrogen) atoms. The molecule has 2 atom stereocenters. The Bertz CT molecular complexity index is 617. The molecule has 6 nitrogen and oxygen atoms in total. The molecule has 4 N–H and O–H groups in total. The summed E-state index contributed by atoms with van der Waals surface area (Å²) >= 11 is 0. The maximum atomic E-state index is 11.5. The number of nitrogens with zero attached hydrogens (tertiary/aromatic N) is 1. The first kappa shape index (κ1) is 13.7. The highest BCUT2D eigenvalue weighted by molar-refractivity contribution is 7.89. The molecule has 110 valence electrons. The number of ether oxygens (including phenoxy) is 1. The first-order chi connectivity index (χ1) is 9.45. The quantitative estimate of drug-likeness (QED) is 0.782. The zero-order chi connectivity index (χ0) is 14.3. The molecule has 0 aromatic heterocycles. The van der Waals surface area contributed by atoms with E-state index in [1.54, 1.807) is 12.1 Å². The van der Waals surface area contributed by atoms with Gasteiger partial charge >= 0.3 is 0 Å². The highest BCUT2D eigenvalue weighted by atomic mass is 32.2. The minimum Gasteiger partial charge on any atom is -0.399 e. The average Bonchev–Trinajstić information content (AvgIpc) is 2.84. The normalized spacial score (nSPS) is 26.6. The van der Waals surface area contributed by atoms with Gasteiger partial charge in [-0.25, -0.2) is 13.6 Å². The van der Waals surface area contributed by atoms with Crippen molar-refractivity contribution < 1.29 is 13.2 Å². The molecule has 2 fully saturated rings. The molecule has 1 aromatic carbocycles. The number of anilines is 2. The molecule has 7 heteroatoms. The van der Waals surface area contributed by atoms with Crippen molar-refractivity contribution in [2.24, 2.45) is 5.14 Å². The number of primary sulfonamides is 1. The van der Waals surface area contributed by atoms with E-state index in [4.69, 9.17) is 15.6 Å². The van der Waals surface area contributed by atoms with Gasteiger partial charge in [-0.2, -0.15) is 0 Å². The molecule has 1 aliphatic heterocycles. The van der Waals surface area contributed by atoms with Crippen LogP contribution in [0.15, 0.2) is 23.1 Å². The van der Waals surface area contributed by atoms with Crippen LogP contribution in [-0.4, -0.2) is 33.7 Å². The van der Waals surface area contributed by atoms with Crippen LogP contribution in [0.1, 0.15) is 19.3 Å². The van der Waals surface area contributed by atoms with Gasteiger partial charge in [-0.1, -0.05) is 0 Å². The Morgan fingerprint density at radius 3 is 2.80 bits per heavy atom. The van der Waals surface area contributed by atoms with Crippen LogP contribution in [0, 0.1) is 0 Å². The summed E-state index contributed by atoms with van der Waals surface area (Å²) in [7, 11) is -3.75. The molecule has 0 radical (unpaired) electrons. The minimum absolute atomic E-state index is 0.0635. The van der Waals surface area contributed by atoms with Crippen molar-refractivity contribution in [3.05, 3.63) is 18.2 Å². The van der Waals surface area contributed by atoms with Crippen LogP contribution in [-0.2, 0) is 14.8 Å². The number of hydrogen-bond acceptors (Lipinski definition) is 5. The third kappa shape index (κ3) is 2.48. The van der Waals surface area contributed by atoms with Gasteiger partial charge in [0.2, 0.25) is 10.0 Å². The Morgan fingerprint density at radius 2 is 2.05 bits per heavy atom. The van der Waals surface area contributed by atoms with Crippen LogP contribution in [0.4, 0.5) is 11.4 Å². The predicted octanol–water partition coefficient (Wildman–Crippen LogP) is 0.674. The topological polar surface area (TPSA) is 98.6 Å². The first-order valence-corrected chi connectivity index (χ1v) is 8.31. The molecule has 1 saturated carbocycles. The third-order valence-electron chi connectivity index (χ3n) is 4.06. The molecule has 1 saturated heterocycles. The van der Waals surface area contributed by atoms with Crippen LogP contribution in [0.5, 0.6) is 0 Å². The molecule has 0 bridgehead atoms. The van der Waals surface area contributed by atoms with E-state index in [-0.39, 0.29) is 11.0 Å². The number of sulfonamides is 1. The van der Waals surface area contributed by atoms with E-state index in [1.165, 1.54) is 6.07 Å². The summed E-state index contributed by atoms with van der Waals surface area (Å²) in [6.07, 6.45) is 3.49. The highest BCUT2D eigenvalue weighted by Crippen LogP contribution is 2.34. The van der Waals surface area contributed by atoms with E-state index < -0.39 is 10.0 Å². The number of rotatable bonds is 2. The highest BCUT2D eigenvalue weighted by Gasteiger charge is 2.36. The Hall–Kier alpha value is -1.31. The van der Waals surface area contributed by atoms with Crippen LogP contribution in [0.25, 0.3) is 0 Å². The fourth-order valence-corrected chi connectivity index (χ4v) is 3.77. The number of fused-ring (bicyclic) bond motifs is 1. The lowest BCUT2D eigenvalue weighted by Gasteiger charge is -2.39. The summed E-state index contributed by atoms with van der Waals surface area (Å²) in [5, 5.41) is 5.20. The average molecular weight is 297 g/mol. The largest absolute Gasteiger partial charge is 0.399 e. The van der Waals surface area contributed by atoms with Crippen molar-refractivity contribution in [1.29, 1.82) is 0 Å². The van der Waals surface area contributed by atoms with Crippen LogP contribution in [0.3, 0.4) is 0 Å². The Balaban J connectivity index is 1.99. The number of morpholine rings is 1. The lowest BCUT2D eigenvalue weighted by atomic mass is 10.1. The first-order valence-electron chi connectivity index (χ1n) is 6.77. The summed E-state index contributed by atoms with van der Waals surface area (Å²) in [4.78, 5) is 2.26. The molecule has 3 rings (SSSR count). The van der Waals surface area contributed by atoms with Gasteiger partial charge in [0.15, 0.2) is 0 Å². The van der Waals surface area contributed by atoms with E-state index >= 15 is 0 Å². The summed E-state index contributed by atoms with van der Waals surface area (Å²) in [6.45, 7) is 1.40. The van der Waals surface area contributed by atoms with Crippen molar-refractivity contribution in [3.8, 4) is 0 Å². The third-order valence-corrected chi connectivity index (χ3v) is 4.95. The summed E-state index contributed by atoms with van der Waals surface area (Å²) in [5.74, 6) is 0. The molecule has 2 unspecified atom stereocenters. The maximum Gasteiger partial charge on any atom is 0.238 e. The van der Waals surface area contributed by atoms with Gasteiger partial charge in [0, 0.05) is 17.9 Å². The van der Waals surface area contributed by atoms with Crippen molar-refractivity contribution in [2.45, 2.75) is 36.3 Å². The zero-order valence-corrected chi connectivity index (χ0v) is 12.0. The molecular formula is C13H19N3O3S. The Labute approximate surface area is 118 Å². The SMILES string of the molecule is Nc1cc(N2CCOC3CCCC32)cc(S(N)(=O)=O)c1. The molecular weight excluding hydrogens is 278 g/mol. The van der Waals surface area contributed by atoms with E-state index in [0.717, 1.165) is 31.5 Å². The van der Waals surface area contributed by atoms with Gasteiger partial charge in [0.05, 0.1) is 23.6 Å². The predicted molar refractivity (Wildman–Crippen MR) is 77.0 cm³/mol. The number of benzene rings is 1. The van der Waals surface area contributed by atoms with E-state index in [1.807, 2.05) is 0 Å². The second kappa shape index (κ2) is 4.91. The number of nitrogens with two attached hydrogens (primary N) is 2. The lowest BCUT2D eigenvalue weighted by molar-refractivity contribution is 0.0256. The van der Waals surface area contributed by atoms with Crippen molar-refractivity contribution in [1.82, 2.24) is 0 Å². The number of hydrogen-bond donors (Lipinski definition) is 2. The van der Waals surface area contributed by atoms with Gasteiger partial charge < -0.3 is 15.4 Å². The molecule has 1 aromatic rings. The minimum atomic E-state index is -3.75. The van der Waals surface area contributed by atoms with E-state index in [0.29, 0.717) is 18.3 Å². The van der Waals surface area contributed by atoms with Crippen molar-refractivity contribution in [3.63, 3.8) is 0 Å². The summed E-state index contributed by atoms with van der Waals surface area (Å²) < 4.78 is 28.8. The Morgan fingerprint density at radius 1 is 1.25 bits per heavy atom. The zero-order valence-electron chi connectivity index (χ0n) is 11.2. The summed E-state index contributed by atoms with van der Waals surface area (Å²) in [5.41, 5.74) is 7.05. The molecule has 1 aliphatic carbocycles. The van der Waals surface area contributed by atoms with Gasteiger partial charge in [0.25, 0.3) is 0 Å². The van der Waals surface area contributed by atoms with Crippen LogP contribution >= 0.6 is 0 Å². The van der Waals surface area contributed by atoms with Gasteiger partial charge in [-0.05, 0) is 37.5 Å². The second-order valence-electron chi connectivity index (χ2n) is 5.41. The smallest absolute Gasteiger partial charge is 0.238 e. The molecule has 0 amide bonds. The van der Waals surface area contributed by atoms with Gasteiger partial charge in [0.1, 0.15) is 0 Å². The molecule has 2 aliphatic rings. The lowest BCUT2D eigenvalue weighted by Crippen LogP contribution is -2.48. The van der Waals surface area contributed by atoms with E-state index in [9.17, 15) is 8.42 Å². The van der Waals surface area contributed by atoms with Crippen molar-refractivity contribution in [2.75, 3.05) is 23.8 Å². The fraction of sp³-hybridized carbons (Fsp3) is 0.538. The van der Waals surface area contributed by atoms with Crippen molar-refractivity contribution >= 4 is 21.4 Å². The van der Waals surface area contributed by atoms with E-state index in [2.05, 4.69) is 4.90 Å². The van der Waals surface area contributed by atoms with Gasteiger partial charge in [-0.15, -0.1) is 0 Å². The monoisotopic (exact) mass is 297 g/mol. The fourth-order valence-electron chi connectivity index (χ4n) is 3.18. The number of nitrogen functional groups attached to an aromatic ring is 1. The maximum absolute atomic E-state index is 11.5.